The summed E-state index contributed by atoms with van der Waals surface area (Å²) in [5, 5.41) is 3.92. The second-order valence-corrected chi connectivity index (χ2v) is 9.55. The number of halogens is 1. The van der Waals surface area contributed by atoms with Gasteiger partial charge in [0.15, 0.2) is 0 Å². The first-order valence-corrected chi connectivity index (χ1v) is 12.6. The molecule has 182 valence electrons. The van der Waals surface area contributed by atoms with E-state index in [1.165, 1.54) is 11.1 Å². The number of amides is 1. The summed E-state index contributed by atoms with van der Waals surface area (Å²) in [6, 6.07) is 11.8. The molecule has 0 radical (unpaired) electrons. The molecule has 4 rings (SSSR count). The fourth-order valence-electron chi connectivity index (χ4n) is 4.62. The Morgan fingerprint density at radius 1 is 1.18 bits per heavy atom. The molecule has 1 unspecified atom stereocenters. The molecule has 0 aliphatic carbocycles. The summed E-state index contributed by atoms with van der Waals surface area (Å²) >= 11 is 6.49. The second-order valence-electron chi connectivity index (χ2n) is 9.14. The molecule has 7 heteroatoms. The van der Waals surface area contributed by atoms with Crippen LogP contribution in [0.3, 0.4) is 0 Å². The van der Waals surface area contributed by atoms with E-state index in [1.807, 2.05) is 24.3 Å². The topological polar surface area (TPSA) is 59.4 Å². The third kappa shape index (κ3) is 5.62. The Hall–Kier alpha value is -2.41. The van der Waals surface area contributed by atoms with Crippen LogP contribution in [0.5, 0.6) is 0 Å². The van der Waals surface area contributed by atoms with Crippen molar-refractivity contribution in [2.75, 3.05) is 39.4 Å². The predicted octanol–water partition coefficient (Wildman–Crippen LogP) is 4.69. The molecule has 0 bridgehead atoms. The Kier molecular flexibility index (Phi) is 8.24. The van der Waals surface area contributed by atoms with Crippen LogP contribution in [0.4, 0.5) is 0 Å². The highest BCUT2D eigenvalue weighted by molar-refractivity contribution is 6.31. The van der Waals surface area contributed by atoms with E-state index in [0.29, 0.717) is 13.0 Å². The minimum atomic E-state index is -0.320. The van der Waals surface area contributed by atoms with Crippen molar-refractivity contribution >= 4 is 28.5 Å². The number of carbonyl (C=O) groups excluding carboxylic acids is 1. The summed E-state index contributed by atoms with van der Waals surface area (Å²) in [7, 11) is 0. The fourth-order valence-corrected chi connectivity index (χ4v) is 4.82. The van der Waals surface area contributed by atoms with Crippen molar-refractivity contribution < 1.29 is 9.53 Å². The average Bonchev–Trinajstić information content (AvgIpc) is 3.16. The lowest BCUT2D eigenvalue weighted by Gasteiger charge is -2.27. The van der Waals surface area contributed by atoms with E-state index in [9.17, 15) is 4.79 Å². The number of nitrogens with one attached hydrogen (secondary N) is 1. The molecule has 6 nitrogen and oxygen atoms in total. The normalized spacial score (nSPS) is 15.5. The molecule has 1 aliphatic rings. The Balaban J connectivity index is 1.65. The fraction of sp³-hybridized carbons (Fsp3) is 0.481. The number of hydrogen-bond acceptors (Lipinski definition) is 4. The molecule has 1 fully saturated rings. The second kappa shape index (κ2) is 11.3. The maximum Gasteiger partial charge on any atom is 0.243 e. The number of benzene rings is 2. The molecule has 1 aliphatic heterocycles. The molecule has 1 saturated heterocycles. The van der Waals surface area contributed by atoms with Gasteiger partial charge in [-0.25, -0.2) is 4.98 Å². The summed E-state index contributed by atoms with van der Waals surface area (Å²) < 4.78 is 7.58. The molecule has 1 aromatic heterocycles. The lowest BCUT2D eigenvalue weighted by molar-refractivity contribution is -0.124. The number of nitrogens with zero attached hydrogens (tertiary/aromatic N) is 3. The standard InChI is InChI=1S/C27H35ClN4O2/c1-4-7-24(27(33)29-10-11-31-12-14-34-15-13-31)32-25-17-20(3)19(2)16-23(25)30-26(32)18-21-8-5-6-9-22(21)28/h5-6,8-9,16-17,24H,4,7,10-15,18H2,1-3H3,(H,29,33). The SMILES string of the molecule is CCCC(C(=O)NCCN1CCOCC1)n1c(Cc2ccccc2Cl)nc2cc(C)c(C)cc21. The van der Waals surface area contributed by atoms with Crippen molar-refractivity contribution in [3.05, 3.63) is 63.9 Å². The van der Waals surface area contributed by atoms with Crippen LogP contribution < -0.4 is 5.32 Å². The minimum Gasteiger partial charge on any atom is -0.379 e. The minimum absolute atomic E-state index is 0.0491. The zero-order chi connectivity index (χ0) is 24.1. The van der Waals surface area contributed by atoms with Crippen LogP contribution in [0.1, 0.15) is 48.3 Å². The van der Waals surface area contributed by atoms with E-state index in [-0.39, 0.29) is 11.9 Å². The number of hydrogen-bond donors (Lipinski definition) is 1. The van der Waals surface area contributed by atoms with Crippen molar-refractivity contribution in [2.45, 2.75) is 46.1 Å². The lowest BCUT2D eigenvalue weighted by atomic mass is 10.1. The molecule has 1 amide bonds. The van der Waals surface area contributed by atoms with E-state index in [0.717, 1.165) is 73.1 Å². The number of fused-ring (bicyclic) bond motifs is 1. The van der Waals surface area contributed by atoms with Crippen LogP contribution in [-0.4, -0.2) is 59.8 Å². The summed E-state index contributed by atoms with van der Waals surface area (Å²) in [5.41, 5.74) is 5.33. The number of imidazole rings is 1. The van der Waals surface area contributed by atoms with E-state index in [1.54, 1.807) is 0 Å². The molecule has 2 aromatic carbocycles. The lowest BCUT2D eigenvalue weighted by Crippen LogP contribution is -2.42. The van der Waals surface area contributed by atoms with Gasteiger partial charge in [0, 0.05) is 37.6 Å². The van der Waals surface area contributed by atoms with Crippen molar-refractivity contribution in [2.24, 2.45) is 0 Å². The van der Waals surface area contributed by atoms with Crippen molar-refractivity contribution in [1.29, 1.82) is 0 Å². The van der Waals surface area contributed by atoms with Gasteiger partial charge in [0.05, 0.1) is 24.2 Å². The van der Waals surface area contributed by atoms with Gasteiger partial charge in [-0.3, -0.25) is 9.69 Å². The molecule has 1 N–H and O–H groups in total. The first-order chi connectivity index (χ1) is 16.5. The molecule has 1 atom stereocenters. The molecule has 34 heavy (non-hydrogen) atoms. The van der Waals surface area contributed by atoms with E-state index >= 15 is 0 Å². The summed E-state index contributed by atoms with van der Waals surface area (Å²) in [6.45, 7) is 11.2. The summed E-state index contributed by atoms with van der Waals surface area (Å²) in [5.74, 6) is 0.919. The largest absolute Gasteiger partial charge is 0.379 e. The van der Waals surface area contributed by atoms with Crippen LogP contribution in [0.2, 0.25) is 5.02 Å². The zero-order valence-corrected chi connectivity index (χ0v) is 21.2. The maximum atomic E-state index is 13.5. The van der Waals surface area contributed by atoms with E-state index in [2.05, 4.69) is 47.7 Å². The van der Waals surface area contributed by atoms with Crippen molar-refractivity contribution in [3.63, 3.8) is 0 Å². The molecular weight excluding hydrogens is 448 g/mol. The molecule has 0 saturated carbocycles. The number of rotatable bonds is 9. The number of morpholine rings is 1. The first kappa shape index (κ1) is 24.7. The highest BCUT2D eigenvalue weighted by atomic mass is 35.5. The molecule has 0 spiro atoms. The zero-order valence-electron chi connectivity index (χ0n) is 20.4. The van der Waals surface area contributed by atoms with Gasteiger partial charge >= 0.3 is 0 Å². The van der Waals surface area contributed by atoms with Crippen molar-refractivity contribution in [1.82, 2.24) is 19.8 Å². The number of ether oxygens (including phenoxy) is 1. The molecule has 3 aromatic rings. The van der Waals surface area contributed by atoms with E-state index < -0.39 is 0 Å². The maximum absolute atomic E-state index is 13.5. The Bertz CT molecular complexity index is 1140. The monoisotopic (exact) mass is 482 g/mol. The average molecular weight is 483 g/mol. The van der Waals surface area contributed by atoms with Gasteiger partial charge in [-0.05, 0) is 55.2 Å². The van der Waals surface area contributed by atoms with Gasteiger partial charge in [0.25, 0.3) is 0 Å². The van der Waals surface area contributed by atoms with Gasteiger partial charge in [-0.2, -0.15) is 0 Å². The van der Waals surface area contributed by atoms with Crippen LogP contribution in [-0.2, 0) is 16.0 Å². The highest BCUT2D eigenvalue weighted by Crippen LogP contribution is 2.29. The van der Waals surface area contributed by atoms with Crippen LogP contribution in [0.15, 0.2) is 36.4 Å². The van der Waals surface area contributed by atoms with Gasteiger partial charge in [0.1, 0.15) is 11.9 Å². The number of aryl methyl sites for hydroxylation is 2. The molecule has 2 heterocycles. The number of aromatic nitrogens is 2. The van der Waals surface area contributed by atoms with E-state index in [4.69, 9.17) is 21.3 Å². The highest BCUT2D eigenvalue weighted by Gasteiger charge is 2.26. The molecular formula is C27H35ClN4O2. The van der Waals surface area contributed by atoms with Crippen LogP contribution >= 0.6 is 11.6 Å². The third-order valence-corrected chi connectivity index (χ3v) is 7.06. The first-order valence-electron chi connectivity index (χ1n) is 12.3. The van der Waals surface area contributed by atoms with Crippen LogP contribution in [0, 0.1) is 13.8 Å². The van der Waals surface area contributed by atoms with Crippen LogP contribution in [0.25, 0.3) is 11.0 Å². The van der Waals surface area contributed by atoms with Crippen molar-refractivity contribution in [3.8, 4) is 0 Å². The number of carbonyl (C=O) groups is 1. The Labute approximate surface area is 207 Å². The Morgan fingerprint density at radius 2 is 1.91 bits per heavy atom. The summed E-state index contributed by atoms with van der Waals surface area (Å²) in [6.07, 6.45) is 2.22. The van der Waals surface area contributed by atoms with Gasteiger partial charge in [-0.1, -0.05) is 43.1 Å². The smallest absolute Gasteiger partial charge is 0.243 e. The van der Waals surface area contributed by atoms with Gasteiger partial charge in [-0.15, -0.1) is 0 Å². The van der Waals surface area contributed by atoms with Gasteiger partial charge < -0.3 is 14.6 Å². The van der Waals surface area contributed by atoms with Gasteiger partial charge in [0.2, 0.25) is 5.91 Å². The quantitative estimate of drug-likeness (QED) is 0.480. The summed E-state index contributed by atoms with van der Waals surface area (Å²) in [4.78, 5) is 20.8. The Morgan fingerprint density at radius 3 is 2.65 bits per heavy atom. The third-order valence-electron chi connectivity index (χ3n) is 6.69. The predicted molar refractivity (Wildman–Crippen MR) is 138 cm³/mol.